The van der Waals surface area contributed by atoms with Gasteiger partial charge < -0.3 is 15.5 Å². The van der Waals surface area contributed by atoms with Crippen molar-refractivity contribution in [1.29, 1.82) is 0 Å². The fourth-order valence-corrected chi connectivity index (χ4v) is 4.86. The quantitative estimate of drug-likeness (QED) is 0.432. The molecule has 0 aromatic heterocycles. The zero-order valence-corrected chi connectivity index (χ0v) is 20.7. The van der Waals surface area contributed by atoms with Gasteiger partial charge >= 0.3 is 6.03 Å². The van der Waals surface area contributed by atoms with Crippen molar-refractivity contribution in [3.63, 3.8) is 0 Å². The molecule has 2 N–H and O–H groups in total. The van der Waals surface area contributed by atoms with Gasteiger partial charge in [-0.25, -0.2) is 9.18 Å². The first-order valence-corrected chi connectivity index (χ1v) is 12.5. The fourth-order valence-electron chi connectivity index (χ4n) is 4.53. The summed E-state index contributed by atoms with van der Waals surface area (Å²) < 4.78 is 13.4. The summed E-state index contributed by atoms with van der Waals surface area (Å²) in [5.41, 5.74) is 3.72. The molecule has 1 fully saturated rings. The first kappa shape index (κ1) is 24.5. The van der Waals surface area contributed by atoms with Crippen LogP contribution in [0.1, 0.15) is 64.9 Å². The number of hydrogen-bond donors (Lipinski definition) is 2. The van der Waals surface area contributed by atoms with E-state index in [1.165, 1.54) is 49.8 Å². The van der Waals surface area contributed by atoms with Gasteiger partial charge in [-0.3, -0.25) is 0 Å². The molecule has 1 saturated carbocycles. The van der Waals surface area contributed by atoms with Gasteiger partial charge in [0.2, 0.25) is 0 Å². The molecule has 1 aliphatic carbocycles. The molecule has 174 valence electrons. The summed E-state index contributed by atoms with van der Waals surface area (Å²) in [6.07, 6.45) is 8.25. The van der Waals surface area contributed by atoms with Gasteiger partial charge in [-0.15, -0.1) is 9.24 Å². The highest BCUT2D eigenvalue weighted by atomic mass is 31.0. The first-order chi connectivity index (χ1) is 15.4. The lowest BCUT2D eigenvalue weighted by Crippen LogP contribution is -2.40. The van der Waals surface area contributed by atoms with Crippen molar-refractivity contribution in [3.05, 3.63) is 47.8 Å². The maximum atomic E-state index is 13.4. The van der Waals surface area contributed by atoms with Crippen molar-refractivity contribution in [2.24, 2.45) is 5.92 Å². The van der Waals surface area contributed by atoms with Gasteiger partial charge in [-0.05, 0) is 66.4 Å². The van der Waals surface area contributed by atoms with E-state index < -0.39 is 0 Å². The number of aryl methyl sites for hydroxylation is 1. The second-order valence-corrected chi connectivity index (χ2v) is 9.87. The molecule has 0 heterocycles. The third kappa shape index (κ3) is 6.68. The zero-order chi connectivity index (χ0) is 23.1. The summed E-state index contributed by atoms with van der Waals surface area (Å²) in [6.45, 7) is 7.61. The van der Waals surface area contributed by atoms with E-state index in [2.05, 4.69) is 63.7 Å². The third-order valence-corrected chi connectivity index (χ3v) is 6.47. The van der Waals surface area contributed by atoms with Gasteiger partial charge in [0, 0.05) is 18.3 Å². The number of carbonyl (C=O) groups excluding carboxylic acids is 1. The average Bonchev–Trinajstić information content (AvgIpc) is 2.75. The van der Waals surface area contributed by atoms with Gasteiger partial charge in [-0.2, -0.15) is 0 Å². The predicted octanol–water partition coefficient (Wildman–Crippen LogP) is 6.72. The summed E-state index contributed by atoms with van der Waals surface area (Å²) in [5.74, 6) is 0.195. The molecular weight excluding hydrogens is 420 g/mol. The first-order valence-electron chi connectivity index (χ1n) is 11.9. The van der Waals surface area contributed by atoms with Crippen LogP contribution in [0.4, 0.5) is 26.2 Å². The molecule has 1 aliphatic rings. The van der Waals surface area contributed by atoms with Gasteiger partial charge in [0.05, 0.1) is 11.4 Å². The number of anilines is 3. The molecule has 0 radical (unpaired) electrons. The third-order valence-electron chi connectivity index (χ3n) is 6.00. The topological polar surface area (TPSA) is 44.4 Å². The van der Waals surface area contributed by atoms with E-state index in [1.807, 2.05) is 0 Å². The highest BCUT2D eigenvalue weighted by Crippen LogP contribution is 2.34. The van der Waals surface area contributed by atoms with Crippen LogP contribution in [-0.4, -0.2) is 18.6 Å². The standard InChI is InChI=1S/C26H37FN3OP/c1-4-8-19-11-14-24(30(17-18(2)3)21-9-6-5-7-10-21)23(15-19)29-26(31)28-22-13-12-20(27)16-25(22)32/h11-16,18,21H,4-10,17,32H2,1-3H3,(H2,28,29,31). The van der Waals surface area contributed by atoms with E-state index in [0.717, 1.165) is 30.8 Å². The minimum absolute atomic E-state index is 0.316. The second kappa shape index (κ2) is 11.7. The highest BCUT2D eigenvalue weighted by Gasteiger charge is 2.25. The largest absolute Gasteiger partial charge is 0.367 e. The van der Waals surface area contributed by atoms with E-state index >= 15 is 0 Å². The minimum Gasteiger partial charge on any atom is -0.367 e. The normalized spacial score (nSPS) is 14.4. The fraction of sp³-hybridized carbons (Fsp3) is 0.500. The summed E-state index contributed by atoms with van der Waals surface area (Å²) in [6, 6.07) is 11.0. The number of rotatable bonds is 8. The number of nitrogens with one attached hydrogen (secondary N) is 2. The number of urea groups is 1. The van der Waals surface area contributed by atoms with Crippen molar-refractivity contribution in [3.8, 4) is 0 Å². The van der Waals surface area contributed by atoms with Crippen molar-refractivity contribution >= 4 is 37.6 Å². The van der Waals surface area contributed by atoms with Crippen molar-refractivity contribution in [2.45, 2.75) is 71.8 Å². The van der Waals surface area contributed by atoms with E-state index in [-0.39, 0.29) is 11.8 Å². The van der Waals surface area contributed by atoms with E-state index in [4.69, 9.17) is 0 Å². The van der Waals surface area contributed by atoms with Crippen molar-refractivity contribution in [2.75, 3.05) is 22.1 Å². The Morgan fingerprint density at radius 3 is 2.47 bits per heavy atom. The number of nitrogens with zero attached hydrogens (tertiary/aromatic N) is 1. The lowest BCUT2D eigenvalue weighted by Gasteiger charge is -2.38. The maximum Gasteiger partial charge on any atom is 0.323 e. The summed E-state index contributed by atoms with van der Waals surface area (Å²) in [5, 5.41) is 6.58. The lowest BCUT2D eigenvalue weighted by molar-refractivity contribution is 0.262. The highest BCUT2D eigenvalue weighted by molar-refractivity contribution is 7.28. The molecule has 4 nitrogen and oxygen atoms in total. The maximum absolute atomic E-state index is 13.4. The number of carbonyl (C=O) groups is 1. The van der Waals surface area contributed by atoms with Crippen molar-refractivity contribution < 1.29 is 9.18 Å². The summed E-state index contributed by atoms with van der Waals surface area (Å²) in [7, 11) is 2.47. The molecule has 32 heavy (non-hydrogen) atoms. The van der Waals surface area contributed by atoms with Crippen LogP contribution in [0.25, 0.3) is 0 Å². The Labute approximate surface area is 194 Å². The molecule has 1 unspecified atom stereocenters. The van der Waals surface area contributed by atoms with Gasteiger partial charge in [-0.1, -0.05) is 52.5 Å². The Bertz CT molecular complexity index is 912. The lowest BCUT2D eigenvalue weighted by atomic mass is 9.92. The van der Waals surface area contributed by atoms with Crippen LogP contribution in [0.2, 0.25) is 0 Å². The Morgan fingerprint density at radius 1 is 1.09 bits per heavy atom. The zero-order valence-electron chi connectivity index (χ0n) is 19.6. The molecule has 0 spiro atoms. The van der Waals surface area contributed by atoms with Gasteiger partial charge in [0.1, 0.15) is 5.82 Å². The summed E-state index contributed by atoms with van der Waals surface area (Å²) >= 11 is 0. The Kier molecular flexibility index (Phi) is 8.92. The van der Waals surface area contributed by atoms with Crippen LogP contribution in [0.5, 0.6) is 0 Å². The van der Waals surface area contributed by atoms with Gasteiger partial charge in [0.25, 0.3) is 0 Å². The number of amides is 2. The predicted molar refractivity (Wildman–Crippen MR) is 138 cm³/mol. The smallest absolute Gasteiger partial charge is 0.323 e. The van der Waals surface area contributed by atoms with E-state index in [1.54, 1.807) is 6.07 Å². The SMILES string of the molecule is CCCc1ccc(N(CC(C)C)C2CCCCC2)c(NC(=O)Nc2ccc(F)cc2P)c1. The van der Waals surface area contributed by atoms with Crippen LogP contribution in [-0.2, 0) is 6.42 Å². The number of halogens is 1. The van der Waals surface area contributed by atoms with Crippen LogP contribution >= 0.6 is 9.24 Å². The minimum atomic E-state index is -0.327. The molecule has 3 rings (SSSR count). The average molecular weight is 458 g/mol. The molecule has 2 aromatic carbocycles. The van der Waals surface area contributed by atoms with Crippen LogP contribution < -0.4 is 20.8 Å². The molecule has 2 amide bonds. The molecular formula is C26H37FN3OP. The molecule has 0 saturated heterocycles. The van der Waals surface area contributed by atoms with Crippen LogP contribution in [0, 0.1) is 11.7 Å². The Balaban J connectivity index is 1.89. The molecule has 1 atom stereocenters. The van der Waals surface area contributed by atoms with Crippen molar-refractivity contribution in [1.82, 2.24) is 0 Å². The van der Waals surface area contributed by atoms with Crippen LogP contribution in [0.3, 0.4) is 0 Å². The number of hydrogen-bond acceptors (Lipinski definition) is 2. The Hall–Kier alpha value is -2.13. The number of benzene rings is 2. The molecule has 0 aliphatic heterocycles. The van der Waals surface area contributed by atoms with Crippen LogP contribution in [0.15, 0.2) is 36.4 Å². The molecule has 0 bridgehead atoms. The Morgan fingerprint density at radius 2 is 1.81 bits per heavy atom. The van der Waals surface area contributed by atoms with E-state index in [9.17, 15) is 9.18 Å². The van der Waals surface area contributed by atoms with Gasteiger partial charge in [0.15, 0.2) is 0 Å². The monoisotopic (exact) mass is 457 g/mol. The molecule has 6 heteroatoms. The summed E-state index contributed by atoms with van der Waals surface area (Å²) in [4.78, 5) is 15.4. The van der Waals surface area contributed by atoms with E-state index in [0.29, 0.717) is 23.0 Å². The molecule has 2 aromatic rings. The second-order valence-electron chi connectivity index (χ2n) is 9.25.